The smallest absolute Gasteiger partial charge is 0.421 e. The van der Waals surface area contributed by atoms with Crippen LogP contribution in [0.25, 0.3) is 0 Å². The van der Waals surface area contributed by atoms with Gasteiger partial charge >= 0.3 is 6.09 Å². The highest BCUT2D eigenvalue weighted by Gasteiger charge is 2.42. The number of hydrogen-bond donors (Lipinski definition) is 0. The summed E-state index contributed by atoms with van der Waals surface area (Å²) in [7, 11) is 0. The minimum Gasteiger partial charge on any atom is -0.437 e. The maximum absolute atomic E-state index is 12.2. The van der Waals surface area contributed by atoms with E-state index >= 15 is 0 Å². The van der Waals surface area contributed by atoms with Gasteiger partial charge < -0.3 is 9.47 Å². The lowest BCUT2D eigenvalue weighted by atomic mass is 9.93. The molecule has 1 saturated heterocycles. The topological polar surface area (TPSA) is 57.5 Å². The van der Waals surface area contributed by atoms with Crippen molar-refractivity contribution < 1.29 is 14.3 Å². The monoisotopic (exact) mass is 327 g/mol. The average Bonchev–Trinajstić information content (AvgIpc) is 2.57. The van der Waals surface area contributed by atoms with Crippen molar-refractivity contribution in [3.8, 4) is 0 Å². The first kappa shape index (κ1) is 16.5. The van der Waals surface area contributed by atoms with Crippen LogP contribution in [0.2, 0.25) is 0 Å². The summed E-state index contributed by atoms with van der Waals surface area (Å²) < 4.78 is 11.8. The van der Waals surface area contributed by atoms with Crippen LogP contribution in [-0.4, -0.2) is 29.5 Å². The number of ether oxygens (including phenoxy) is 2. The number of carbonyl (C=O) groups excluding carboxylic acids is 1. The molecule has 1 fully saturated rings. The van der Waals surface area contributed by atoms with Crippen molar-refractivity contribution in [1.29, 1.82) is 0 Å². The number of benzene rings is 1. The lowest BCUT2D eigenvalue weighted by Gasteiger charge is -2.40. The zero-order valence-electron chi connectivity index (χ0n) is 13.5. The van der Waals surface area contributed by atoms with Gasteiger partial charge in [-0.25, -0.2) is 9.36 Å². The zero-order chi connectivity index (χ0) is 16.8. The SMILES string of the molecule is O=C(OC1(CCCCc2ccccc2)COC1)n1ccccc1=O. The molecule has 2 aromatic rings. The Morgan fingerprint density at radius 2 is 1.83 bits per heavy atom. The molecule has 0 aliphatic carbocycles. The van der Waals surface area contributed by atoms with Crippen molar-refractivity contribution in [2.75, 3.05) is 13.2 Å². The first-order valence-corrected chi connectivity index (χ1v) is 8.21. The van der Waals surface area contributed by atoms with Crippen molar-refractivity contribution >= 4 is 6.09 Å². The Bertz CT molecular complexity index is 734. The molecular weight excluding hydrogens is 306 g/mol. The van der Waals surface area contributed by atoms with Crippen molar-refractivity contribution in [2.45, 2.75) is 31.3 Å². The third kappa shape index (κ3) is 3.92. The highest BCUT2D eigenvalue weighted by atomic mass is 16.6. The lowest BCUT2D eigenvalue weighted by molar-refractivity contribution is -0.182. The van der Waals surface area contributed by atoms with Gasteiger partial charge in [-0.2, -0.15) is 0 Å². The van der Waals surface area contributed by atoms with Crippen molar-refractivity contribution in [3.63, 3.8) is 0 Å². The Morgan fingerprint density at radius 3 is 2.50 bits per heavy atom. The van der Waals surface area contributed by atoms with Crippen molar-refractivity contribution in [1.82, 2.24) is 4.57 Å². The number of rotatable bonds is 6. The van der Waals surface area contributed by atoms with Crippen LogP contribution in [0.1, 0.15) is 24.8 Å². The van der Waals surface area contributed by atoms with E-state index in [-0.39, 0.29) is 5.56 Å². The Kier molecular flexibility index (Phi) is 5.11. The minimum atomic E-state index is -0.632. The van der Waals surface area contributed by atoms with Crippen LogP contribution in [0.5, 0.6) is 0 Å². The van der Waals surface area contributed by atoms with Crippen LogP contribution in [0, 0.1) is 0 Å². The molecule has 0 N–H and O–H groups in total. The molecule has 0 bridgehead atoms. The summed E-state index contributed by atoms with van der Waals surface area (Å²) >= 11 is 0. The van der Waals surface area contributed by atoms with E-state index in [0.717, 1.165) is 30.3 Å². The van der Waals surface area contributed by atoms with E-state index in [9.17, 15) is 9.59 Å². The third-order valence-corrected chi connectivity index (χ3v) is 4.24. The predicted octanol–water partition coefficient (Wildman–Crippen LogP) is 3.02. The van der Waals surface area contributed by atoms with Crippen molar-refractivity contribution in [3.05, 3.63) is 70.6 Å². The molecule has 0 amide bonds. The number of aromatic nitrogens is 1. The summed E-state index contributed by atoms with van der Waals surface area (Å²) in [5, 5.41) is 0. The van der Waals surface area contributed by atoms with Gasteiger partial charge in [0.2, 0.25) is 0 Å². The largest absolute Gasteiger partial charge is 0.437 e. The first-order valence-electron chi connectivity index (χ1n) is 8.21. The van der Waals surface area contributed by atoms with Gasteiger partial charge in [0.05, 0.1) is 13.2 Å². The fourth-order valence-electron chi connectivity index (χ4n) is 2.82. The van der Waals surface area contributed by atoms with E-state index in [1.165, 1.54) is 17.8 Å². The molecule has 126 valence electrons. The van der Waals surface area contributed by atoms with Gasteiger partial charge in [0.1, 0.15) is 0 Å². The number of carbonyl (C=O) groups is 1. The minimum absolute atomic E-state index is 0.387. The maximum atomic E-state index is 12.2. The van der Waals surface area contributed by atoms with E-state index in [1.54, 1.807) is 12.1 Å². The Morgan fingerprint density at radius 1 is 1.08 bits per heavy atom. The Labute approximate surface area is 140 Å². The quantitative estimate of drug-likeness (QED) is 0.765. The van der Waals surface area contributed by atoms with Crippen molar-refractivity contribution in [2.24, 2.45) is 0 Å². The molecule has 0 radical (unpaired) electrons. The first-order chi connectivity index (χ1) is 11.7. The molecule has 0 spiro atoms. The normalized spacial score (nSPS) is 15.5. The van der Waals surface area contributed by atoms with Gasteiger partial charge in [-0.3, -0.25) is 4.79 Å². The summed E-state index contributed by atoms with van der Waals surface area (Å²) in [6.45, 7) is 0.789. The summed E-state index contributed by atoms with van der Waals surface area (Å²) in [6.07, 6.45) is 4.50. The molecule has 0 atom stereocenters. The van der Waals surface area contributed by atoms with E-state index in [1.807, 2.05) is 18.2 Å². The molecule has 1 aromatic heterocycles. The lowest BCUT2D eigenvalue weighted by Crippen LogP contribution is -2.54. The van der Waals surface area contributed by atoms with Gasteiger partial charge in [-0.1, -0.05) is 36.4 Å². The summed E-state index contributed by atoms with van der Waals surface area (Å²) in [5.74, 6) is 0. The summed E-state index contributed by atoms with van der Waals surface area (Å²) in [4.78, 5) is 23.9. The third-order valence-electron chi connectivity index (χ3n) is 4.24. The van der Waals surface area contributed by atoms with E-state index < -0.39 is 11.7 Å². The van der Waals surface area contributed by atoms with Crippen LogP contribution in [0.15, 0.2) is 59.5 Å². The second-order valence-corrected chi connectivity index (χ2v) is 6.15. The van der Waals surface area contributed by atoms with Crippen LogP contribution in [-0.2, 0) is 15.9 Å². The molecule has 24 heavy (non-hydrogen) atoms. The zero-order valence-corrected chi connectivity index (χ0v) is 13.5. The Hall–Kier alpha value is -2.40. The number of aryl methyl sites for hydroxylation is 1. The Balaban J connectivity index is 1.52. The van der Waals surface area contributed by atoms with Crippen LogP contribution in [0.4, 0.5) is 4.79 Å². The van der Waals surface area contributed by atoms with Gasteiger partial charge in [0, 0.05) is 12.3 Å². The average molecular weight is 327 g/mol. The molecule has 5 nitrogen and oxygen atoms in total. The second kappa shape index (κ2) is 7.45. The second-order valence-electron chi connectivity index (χ2n) is 6.15. The fourth-order valence-corrected chi connectivity index (χ4v) is 2.82. The standard InChI is InChI=1S/C19H21NO4/c21-17-11-5-7-13-20(17)18(22)24-19(14-23-15-19)12-6-4-10-16-8-2-1-3-9-16/h1-3,5,7-9,11,13H,4,6,10,12,14-15H2. The number of nitrogens with zero attached hydrogens (tertiary/aromatic N) is 1. The van der Waals surface area contributed by atoms with Gasteiger partial charge in [0.25, 0.3) is 5.56 Å². The molecule has 5 heteroatoms. The number of hydrogen-bond acceptors (Lipinski definition) is 4. The molecule has 3 rings (SSSR count). The maximum Gasteiger partial charge on any atom is 0.421 e. The van der Waals surface area contributed by atoms with E-state index in [4.69, 9.17) is 9.47 Å². The summed E-state index contributed by atoms with van der Waals surface area (Å²) in [5.41, 5.74) is 0.328. The van der Waals surface area contributed by atoms with Gasteiger partial charge in [-0.15, -0.1) is 0 Å². The molecule has 1 aliphatic rings. The van der Waals surface area contributed by atoms with Crippen LogP contribution < -0.4 is 5.56 Å². The molecular formula is C19H21NO4. The summed E-state index contributed by atoms with van der Waals surface area (Å²) in [6, 6.07) is 14.9. The van der Waals surface area contributed by atoms with E-state index in [0.29, 0.717) is 13.2 Å². The fraction of sp³-hybridized carbons (Fsp3) is 0.368. The molecule has 0 saturated carbocycles. The number of unbranched alkanes of at least 4 members (excludes halogenated alkanes) is 1. The van der Waals surface area contributed by atoms with E-state index in [2.05, 4.69) is 12.1 Å². The molecule has 0 unspecified atom stereocenters. The highest BCUT2D eigenvalue weighted by molar-refractivity contribution is 5.70. The highest BCUT2D eigenvalue weighted by Crippen LogP contribution is 2.29. The van der Waals surface area contributed by atoms with Gasteiger partial charge in [-0.05, 0) is 37.3 Å². The predicted molar refractivity (Wildman–Crippen MR) is 90.1 cm³/mol. The molecule has 2 heterocycles. The molecule has 1 aliphatic heterocycles. The van der Waals surface area contributed by atoms with Crippen LogP contribution >= 0.6 is 0 Å². The van der Waals surface area contributed by atoms with Crippen LogP contribution in [0.3, 0.4) is 0 Å². The van der Waals surface area contributed by atoms with Gasteiger partial charge in [0.15, 0.2) is 5.60 Å². The number of pyridine rings is 1. The molecule has 1 aromatic carbocycles.